The monoisotopic (exact) mass is 187 g/mol. The van der Waals surface area contributed by atoms with E-state index in [4.69, 9.17) is 10.9 Å². The maximum Gasteiger partial charge on any atom is 0.143 e. The Balaban J connectivity index is 3.74. The molecule has 78 valence electrons. The van der Waals surface area contributed by atoms with Crippen LogP contribution in [-0.4, -0.2) is 23.6 Å². The molecule has 13 heavy (non-hydrogen) atoms. The Morgan fingerprint density at radius 1 is 1.46 bits per heavy atom. The van der Waals surface area contributed by atoms with Crippen molar-refractivity contribution >= 4 is 5.84 Å². The van der Waals surface area contributed by atoms with Crippen molar-refractivity contribution in [3.63, 3.8) is 0 Å². The van der Waals surface area contributed by atoms with Crippen LogP contribution in [0.4, 0.5) is 0 Å². The first kappa shape index (κ1) is 12.2. The minimum Gasteiger partial charge on any atom is -0.409 e. The maximum atomic E-state index is 8.42. The largest absolute Gasteiger partial charge is 0.409 e. The van der Waals surface area contributed by atoms with Crippen LogP contribution in [-0.2, 0) is 0 Å². The SMILES string of the molecule is CCC(CC)NCC(C)C(N)=NO. The average molecular weight is 187 g/mol. The summed E-state index contributed by atoms with van der Waals surface area (Å²) in [7, 11) is 0. The van der Waals surface area contributed by atoms with Crippen molar-refractivity contribution < 1.29 is 5.21 Å². The predicted octanol–water partition coefficient (Wildman–Crippen LogP) is 1.15. The van der Waals surface area contributed by atoms with Gasteiger partial charge < -0.3 is 16.3 Å². The highest BCUT2D eigenvalue weighted by Crippen LogP contribution is 1.98. The zero-order valence-electron chi connectivity index (χ0n) is 8.75. The molecule has 4 nitrogen and oxygen atoms in total. The predicted molar refractivity (Wildman–Crippen MR) is 54.9 cm³/mol. The van der Waals surface area contributed by atoms with Crippen LogP contribution in [0.15, 0.2) is 5.16 Å². The lowest BCUT2D eigenvalue weighted by molar-refractivity contribution is 0.313. The molecule has 0 aromatic carbocycles. The van der Waals surface area contributed by atoms with E-state index < -0.39 is 0 Å². The van der Waals surface area contributed by atoms with Crippen LogP contribution in [0.5, 0.6) is 0 Å². The zero-order valence-corrected chi connectivity index (χ0v) is 8.75. The summed E-state index contributed by atoms with van der Waals surface area (Å²) in [6, 6.07) is 0.536. The van der Waals surface area contributed by atoms with Crippen molar-refractivity contribution in [2.24, 2.45) is 16.8 Å². The molecule has 0 amide bonds. The van der Waals surface area contributed by atoms with E-state index in [0.29, 0.717) is 11.9 Å². The molecule has 4 heteroatoms. The molecule has 0 radical (unpaired) electrons. The van der Waals surface area contributed by atoms with Crippen molar-refractivity contribution in [1.29, 1.82) is 0 Å². The second-order valence-corrected chi connectivity index (χ2v) is 3.35. The highest BCUT2D eigenvalue weighted by atomic mass is 16.4. The van der Waals surface area contributed by atoms with E-state index in [1.807, 2.05) is 6.92 Å². The van der Waals surface area contributed by atoms with Crippen LogP contribution in [0.25, 0.3) is 0 Å². The summed E-state index contributed by atoms with van der Waals surface area (Å²) in [6.07, 6.45) is 2.22. The van der Waals surface area contributed by atoms with E-state index in [1.165, 1.54) is 0 Å². The molecule has 0 aliphatic rings. The molecule has 0 saturated heterocycles. The summed E-state index contributed by atoms with van der Waals surface area (Å²) in [6.45, 7) is 7.00. The fraction of sp³-hybridized carbons (Fsp3) is 0.889. The fourth-order valence-electron chi connectivity index (χ4n) is 1.12. The van der Waals surface area contributed by atoms with E-state index in [9.17, 15) is 0 Å². The Bertz CT molecular complexity index is 155. The molecule has 0 heterocycles. The first-order chi connectivity index (χ1) is 6.15. The quantitative estimate of drug-likeness (QED) is 0.253. The third kappa shape index (κ3) is 4.72. The molecule has 0 aromatic rings. The minimum absolute atomic E-state index is 0.0885. The Morgan fingerprint density at radius 3 is 2.38 bits per heavy atom. The van der Waals surface area contributed by atoms with Crippen molar-refractivity contribution in [2.45, 2.75) is 39.7 Å². The van der Waals surface area contributed by atoms with Gasteiger partial charge in [0.25, 0.3) is 0 Å². The summed E-state index contributed by atoms with van der Waals surface area (Å²) in [5.74, 6) is 0.379. The van der Waals surface area contributed by atoms with Crippen LogP contribution in [0.1, 0.15) is 33.6 Å². The first-order valence-electron chi connectivity index (χ1n) is 4.86. The van der Waals surface area contributed by atoms with Crippen LogP contribution in [0.2, 0.25) is 0 Å². The van der Waals surface area contributed by atoms with Gasteiger partial charge in [-0.1, -0.05) is 25.9 Å². The molecule has 0 aromatic heterocycles. The summed E-state index contributed by atoms with van der Waals surface area (Å²) in [5, 5.41) is 14.8. The number of hydrogen-bond donors (Lipinski definition) is 3. The number of nitrogens with zero attached hydrogens (tertiary/aromatic N) is 1. The smallest absolute Gasteiger partial charge is 0.143 e. The van der Waals surface area contributed by atoms with Gasteiger partial charge in [0, 0.05) is 18.5 Å². The molecule has 0 aliphatic carbocycles. The summed E-state index contributed by atoms with van der Waals surface area (Å²) < 4.78 is 0. The highest BCUT2D eigenvalue weighted by molar-refractivity contribution is 5.82. The molecule has 0 saturated carbocycles. The average Bonchev–Trinajstić information content (AvgIpc) is 2.17. The standard InChI is InChI=1S/C9H21N3O/c1-4-8(5-2)11-6-7(3)9(10)12-13/h7-8,11,13H,4-6H2,1-3H3,(H2,10,12). The molecule has 0 rings (SSSR count). The summed E-state index contributed by atoms with van der Waals surface area (Å²) in [5.41, 5.74) is 5.45. The summed E-state index contributed by atoms with van der Waals surface area (Å²) in [4.78, 5) is 0. The Labute approximate surface area is 80.2 Å². The molecule has 0 spiro atoms. The van der Waals surface area contributed by atoms with Crippen molar-refractivity contribution in [1.82, 2.24) is 5.32 Å². The van der Waals surface area contributed by atoms with E-state index in [-0.39, 0.29) is 5.92 Å². The van der Waals surface area contributed by atoms with Gasteiger partial charge in [0.05, 0.1) is 0 Å². The Kier molecular flexibility index (Phi) is 6.32. The fourth-order valence-corrected chi connectivity index (χ4v) is 1.12. The topological polar surface area (TPSA) is 70.6 Å². The van der Waals surface area contributed by atoms with E-state index in [2.05, 4.69) is 24.3 Å². The minimum atomic E-state index is 0.0885. The van der Waals surface area contributed by atoms with Crippen molar-refractivity contribution in [3.05, 3.63) is 0 Å². The van der Waals surface area contributed by atoms with Gasteiger partial charge in [-0.25, -0.2) is 0 Å². The third-order valence-electron chi connectivity index (χ3n) is 2.32. The lowest BCUT2D eigenvalue weighted by Crippen LogP contribution is -2.36. The molecule has 1 unspecified atom stereocenters. The van der Waals surface area contributed by atoms with Gasteiger partial charge in [0.15, 0.2) is 0 Å². The molecule has 0 fully saturated rings. The van der Waals surface area contributed by atoms with Gasteiger partial charge in [-0.05, 0) is 12.8 Å². The van der Waals surface area contributed by atoms with Crippen LogP contribution in [0, 0.1) is 5.92 Å². The van der Waals surface area contributed by atoms with E-state index >= 15 is 0 Å². The number of amidine groups is 1. The van der Waals surface area contributed by atoms with Gasteiger partial charge in [0.1, 0.15) is 5.84 Å². The van der Waals surface area contributed by atoms with Gasteiger partial charge >= 0.3 is 0 Å². The van der Waals surface area contributed by atoms with E-state index in [1.54, 1.807) is 0 Å². The van der Waals surface area contributed by atoms with Crippen molar-refractivity contribution in [3.8, 4) is 0 Å². The highest BCUT2D eigenvalue weighted by Gasteiger charge is 2.09. The van der Waals surface area contributed by atoms with Crippen LogP contribution >= 0.6 is 0 Å². The second kappa shape index (κ2) is 6.71. The van der Waals surface area contributed by atoms with Gasteiger partial charge in [-0.15, -0.1) is 0 Å². The maximum absolute atomic E-state index is 8.42. The van der Waals surface area contributed by atoms with E-state index in [0.717, 1.165) is 19.4 Å². The van der Waals surface area contributed by atoms with Crippen molar-refractivity contribution in [2.75, 3.05) is 6.54 Å². The first-order valence-corrected chi connectivity index (χ1v) is 4.86. The number of rotatable bonds is 6. The Morgan fingerprint density at radius 2 is 2.00 bits per heavy atom. The summed E-state index contributed by atoms with van der Waals surface area (Å²) >= 11 is 0. The Hall–Kier alpha value is -0.770. The normalized spacial score (nSPS) is 14.9. The number of oxime groups is 1. The molecule has 0 bridgehead atoms. The van der Waals surface area contributed by atoms with Gasteiger partial charge in [-0.2, -0.15) is 0 Å². The van der Waals surface area contributed by atoms with Crippen LogP contribution in [0.3, 0.4) is 0 Å². The molecule has 0 aliphatic heterocycles. The van der Waals surface area contributed by atoms with Gasteiger partial charge in [0.2, 0.25) is 0 Å². The third-order valence-corrected chi connectivity index (χ3v) is 2.32. The van der Waals surface area contributed by atoms with Gasteiger partial charge in [-0.3, -0.25) is 0 Å². The zero-order chi connectivity index (χ0) is 10.3. The molecule has 1 atom stereocenters. The lowest BCUT2D eigenvalue weighted by atomic mass is 10.1. The molecule has 4 N–H and O–H groups in total. The molecular formula is C9H21N3O. The lowest BCUT2D eigenvalue weighted by Gasteiger charge is -2.17. The number of nitrogens with one attached hydrogen (secondary N) is 1. The van der Waals surface area contributed by atoms with Crippen LogP contribution < -0.4 is 11.1 Å². The second-order valence-electron chi connectivity index (χ2n) is 3.35. The molecular weight excluding hydrogens is 166 g/mol. The number of hydrogen-bond acceptors (Lipinski definition) is 3. The number of nitrogens with two attached hydrogens (primary N) is 1.